The second-order valence-corrected chi connectivity index (χ2v) is 7.18. The van der Waals surface area contributed by atoms with E-state index in [1.54, 1.807) is 7.05 Å². The van der Waals surface area contributed by atoms with E-state index < -0.39 is 0 Å². The van der Waals surface area contributed by atoms with Crippen LogP contribution in [0.5, 0.6) is 0 Å². The topological polar surface area (TPSA) is 69.7 Å². The number of nitrogens with zero attached hydrogens (tertiary/aromatic N) is 2. The number of aromatic amines is 1. The van der Waals surface area contributed by atoms with Crippen molar-refractivity contribution < 1.29 is 9.53 Å². The number of benzene rings is 1. The van der Waals surface area contributed by atoms with Gasteiger partial charge in [0.2, 0.25) is 0 Å². The number of rotatable bonds is 5. The SMILES string of the molecule is CCOC(=O)C1CCN(C(=NC)NCCc2c[nH]c3ccc(Cl)cc23)CC1.I. The first-order valence-corrected chi connectivity index (χ1v) is 9.88. The predicted molar refractivity (Wildman–Crippen MR) is 125 cm³/mol. The molecule has 1 aromatic heterocycles. The molecule has 0 bridgehead atoms. The molecule has 0 aliphatic carbocycles. The van der Waals surface area contributed by atoms with Gasteiger partial charge in [0.25, 0.3) is 0 Å². The van der Waals surface area contributed by atoms with Crippen LogP contribution in [0.4, 0.5) is 0 Å². The van der Waals surface area contributed by atoms with E-state index in [0.717, 1.165) is 60.8 Å². The highest BCUT2D eigenvalue weighted by molar-refractivity contribution is 14.0. The molecule has 1 saturated heterocycles. The zero-order chi connectivity index (χ0) is 19.2. The molecule has 0 unspecified atom stereocenters. The Bertz CT molecular complexity index is 816. The molecule has 0 radical (unpaired) electrons. The van der Waals surface area contributed by atoms with E-state index in [0.29, 0.717) is 6.61 Å². The molecule has 0 atom stereocenters. The third-order valence-corrected chi connectivity index (χ3v) is 5.27. The predicted octanol–water partition coefficient (Wildman–Crippen LogP) is 3.83. The van der Waals surface area contributed by atoms with Crippen LogP contribution in [0.2, 0.25) is 5.02 Å². The first-order chi connectivity index (χ1) is 13.1. The third-order valence-electron chi connectivity index (χ3n) is 5.03. The van der Waals surface area contributed by atoms with Gasteiger partial charge in [0.05, 0.1) is 12.5 Å². The summed E-state index contributed by atoms with van der Waals surface area (Å²) in [6, 6.07) is 5.89. The van der Waals surface area contributed by atoms with E-state index in [2.05, 4.69) is 20.2 Å². The van der Waals surface area contributed by atoms with E-state index in [-0.39, 0.29) is 35.9 Å². The van der Waals surface area contributed by atoms with Gasteiger partial charge >= 0.3 is 5.97 Å². The molecular formula is C20H28ClIN4O2. The van der Waals surface area contributed by atoms with E-state index in [1.807, 2.05) is 31.3 Å². The van der Waals surface area contributed by atoms with Gasteiger partial charge in [0.15, 0.2) is 5.96 Å². The zero-order valence-electron chi connectivity index (χ0n) is 16.3. The Hall–Kier alpha value is -1.48. The summed E-state index contributed by atoms with van der Waals surface area (Å²) in [7, 11) is 1.80. The van der Waals surface area contributed by atoms with Gasteiger partial charge in [-0.05, 0) is 49.9 Å². The van der Waals surface area contributed by atoms with Crippen LogP contribution in [-0.2, 0) is 16.0 Å². The van der Waals surface area contributed by atoms with Crippen molar-refractivity contribution in [3.05, 3.63) is 35.0 Å². The molecule has 1 aromatic carbocycles. The molecule has 154 valence electrons. The number of aliphatic imine (C=N–C) groups is 1. The van der Waals surface area contributed by atoms with E-state index in [9.17, 15) is 4.79 Å². The Morgan fingerprint density at radius 2 is 2.14 bits per heavy atom. The quantitative estimate of drug-likeness (QED) is 0.273. The molecule has 0 amide bonds. The van der Waals surface area contributed by atoms with Gasteiger partial charge < -0.3 is 19.9 Å². The number of guanidine groups is 1. The number of hydrogen-bond donors (Lipinski definition) is 2. The van der Waals surface area contributed by atoms with Crippen LogP contribution in [0.15, 0.2) is 29.4 Å². The maximum atomic E-state index is 11.9. The largest absolute Gasteiger partial charge is 0.466 e. The number of piperidine rings is 1. The molecule has 2 N–H and O–H groups in total. The maximum Gasteiger partial charge on any atom is 0.309 e. The van der Waals surface area contributed by atoms with Crippen LogP contribution in [-0.4, -0.2) is 55.1 Å². The van der Waals surface area contributed by atoms with E-state index in [4.69, 9.17) is 16.3 Å². The minimum absolute atomic E-state index is 0. The summed E-state index contributed by atoms with van der Waals surface area (Å²) in [5.74, 6) is 0.823. The number of fused-ring (bicyclic) bond motifs is 1. The molecular weight excluding hydrogens is 491 g/mol. The first-order valence-electron chi connectivity index (χ1n) is 9.50. The van der Waals surface area contributed by atoms with Gasteiger partial charge in [-0.3, -0.25) is 9.79 Å². The van der Waals surface area contributed by atoms with Gasteiger partial charge in [0, 0.05) is 48.8 Å². The molecule has 0 saturated carbocycles. The van der Waals surface area contributed by atoms with Crippen molar-refractivity contribution in [3.63, 3.8) is 0 Å². The van der Waals surface area contributed by atoms with Gasteiger partial charge in [0.1, 0.15) is 0 Å². The zero-order valence-corrected chi connectivity index (χ0v) is 19.4. The number of ether oxygens (including phenoxy) is 1. The molecule has 0 spiro atoms. The Morgan fingerprint density at radius 3 is 2.82 bits per heavy atom. The summed E-state index contributed by atoms with van der Waals surface area (Å²) in [6.45, 7) is 4.70. The van der Waals surface area contributed by atoms with Crippen molar-refractivity contribution in [2.45, 2.75) is 26.2 Å². The number of hydrogen-bond acceptors (Lipinski definition) is 3. The normalized spacial score (nSPS) is 15.4. The lowest BCUT2D eigenvalue weighted by molar-refractivity contribution is -0.149. The van der Waals surface area contributed by atoms with Crippen LogP contribution in [0.3, 0.4) is 0 Å². The Labute approximate surface area is 188 Å². The van der Waals surface area contributed by atoms with Crippen LogP contribution >= 0.6 is 35.6 Å². The highest BCUT2D eigenvalue weighted by atomic mass is 127. The molecule has 1 aliphatic rings. The molecule has 2 heterocycles. The molecule has 28 heavy (non-hydrogen) atoms. The summed E-state index contributed by atoms with van der Waals surface area (Å²) in [6.07, 6.45) is 4.52. The minimum atomic E-state index is -0.0712. The maximum absolute atomic E-state index is 11.9. The fourth-order valence-electron chi connectivity index (χ4n) is 3.59. The van der Waals surface area contributed by atoms with Crippen LogP contribution in [0.1, 0.15) is 25.3 Å². The Balaban J connectivity index is 0.00000280. The molecule has 6 nitrogen and oxygen atoms in total. The molecule has 8 heteroatoms. The van der Waals surface area contributed by atoms with Gasteiger partial charge in [-0.2, -0.15) is 0 Å². The van der Waals surface area contributed by atoms with Gasteiger partial charge in [-0.1, -0.05) is 11.6 Å². The lowest BCUT2D eigenvalue weighted by atomic mass is 9.97. The van der Waals surface area contributed by atoms with Crippen molar-refractivity contribution in [3.8, 4) is 0 Å². The minimum Gasteiger partial charge on any atom is -0.466 e. The van der Waals surface area contributed by atoms with Crippen molar-refractivity contribution in [1.29, 1.82) is 0 Å². The second-order valence-electron chi connectivity index (χ2n) is 6.74. The third kappa shape index (κ3) is 5.53. The summed E-state index contributed by atoms with van der Waals surface area (Å²) in [4.78, 5) is 21.8. The van der Waals surface area contributed by atoms with Crippen molar-refractivity contribution >= 4 is 58.4 Å². The average Bonchev–Trinajstić information content (AvgIpc) is 3.08. The first kappa shape index (κ1) is 22.8. The van der Waals surface area contributed by atoms with Crippen molar-refractivity contribution in [2.24, 2.45) is 10.9 Å². The summed E-state index contributed by atoms with van der Waals surface area (Å²) < 4.78 is 5.14. The van der Waals surface area contributed by atoms with Crippen LogP contribution in [0.25, 0.3) is 10.9 Å². The standard InChI is InChI=1S/C20H27ClN4O2.HI/c1-3-27-19(26)14-7-10-25(11-8-14)20(22-2)23-9-6-15-13-24-18-5-4-16(21)12-17(15)18;/h4-5,12-14,24H,3,6-11H2,1-2H3,(H,22,23);1H. The summed E-state index contributed by atoms with van der Waals surface area (Å²) in [5, 5.41) is 5.35. The monoisotopic (exact) mass is 518 g/mol. The number of esters is 1. The van der Waals surface area contributed by atoms with Crippen LogP contribution < -0.4 is 5.32 Å². The number of carbonyl (C=O) groups is 1. The number of halogens is 2. The highest BCUT2D eigenvalue weighted by Crippen LogP contribution is 2.23. The molecule has 3 rings (SSSR count). The fraction of sp³-hybridized carbons (Fsp3) is 0.500. The van der Waals surface area contributed by atoms with Crippen molar-refractivity contribution in [1.82, 2.24) is 15.2 Å². The number of carbonyl (C=O) groups excluding carboxylic acids is 1. The smallest absolute Gasteiger partial charge is 0.309 e. The van der Waals surface area contributed by atoms with Gasteiger partial charge in [-0.25, -0.2) is 0 Å². The molecule has 1 aliphatic heterocycles. The van der Waals surface area contributed by atoms with E-state index in [1.165, 1.54) is 5.56 Å². The number of nitrogens with one attached hydrogen (secondary N) is 2. The fourth-order valence-corrected chi connectivity index (χ4v) is 3.76. The van der Waals surface area contributed by atoms with Crippen molar-refractivity contribution in [2.75, 3.05) is 33.3 Å². The average molecular weight is 519 g/mol. The molecule has 1 fully saturated rings. The highest BCUT2D eigenvalue weighted by Gasteiger charge is 2.27. The van der Waals surface area contributed by atoms with Crippen LogP contribution in [0, 0.1) is 5.92 Å². The molecule has 2 aromatic rings. The number of likely N-dealkylation sites (tertiary alicyclic amines) is 1. The number of aromatic nitrogens is 1. The summed E-state index contributed by atoms with van der Waals surface area (Å²) in [5.41, 5.74) is 2.33. The lowest BCUT2D eigenvalue weighted by Gasteiger charge is -2.33. The van der Waals surface area contributed by atoms with Gasteiger partial charge in [-0.15, -0.1) is 24.0 Å². The summed E-state index contributed by atoms with van der Waals surface area (Å²) >= 11 is 6.12. The number of H-pyrrole nitrogens is 1. The lowest BCUT2D eigenvalue weighted by Crippen LogP contribution is -2.47. The Morgan fingerprint density at radius 1 is 1.39 bits per heavy atom. The second kappa shape index (κ2) is 10.9. The Kier molecular flexibility index (Phi) is 8.88. The van der Waals surface area contributed by atoms with E-state index >= 15 is 0 Å².